The third kappa shape index (κ3) is 1.72. The van der Waals surface area contributed by atoms with Gasteiger partial charge in [0.1, 0.15) is 18.0 Å². The van der Waals surface area contributed by atoms with Crippen molar-refractivity contribution >= 4 is 6.89 Å². The Bertz CT molecular complexity index is 479. The van der Waals surface area contributed by atoms with Crippen LogP contribution in [0.5, 0.6) is 5.75 Å². The molecule has 3 fully saturated rings. The fourth-order valence-corrected chi connectivity index (χ4v) is 3.90. The molecule has 1 atom stereocenters. The van der Waals surface area contributed by atoms with Crippen LogP contribution in [0.25, 0.3) is 0 Å². The minimum absolute atomic E-state index is 0.351. The third-order valence-electron chi connectivity index (χ3n) is 4.77. The highest BCUT2D eigenvalue weighted by Crippen LogP contribution is 2.45. The van der Waals surface area contributed by atoms with Crippen molar-refractivity contribution in [3.05, 3.63) is 30.3 Å². The van der Waals surface area contributed by atoms with E-state index in [9.17, 15) is 0 Å². The number of quaternary nitrogens is 1. The number of hydrogen-bond donors (Lipinski definition) is 0. The van der Waals surface area contributed by atoms with Gasteiger partial charge in [-0.05, 0) is 19.1 Å². The number of benzene rings is 1. The van der Waals surface area contributed by atoms with Gasteiger partial charge in [0, 0.05) is 0 Å². The van der Waals surface area contributed by atoms with Crippen LogP contribution in [-0.4, -0.2) is 56.3 Å². The lowest BCUT2D eigenvalue weighted by Crippen LogP contribution is -2.59. The first-order chi connectivity index (χ1) is 9.66. The Morgan fingerprint density at radius 2 is 1.90 bits per heavy atom. The summed E-state index contributed by atoms with van der Waals surface area (Å²) in [5.74, 6) is 0.872. The first-order valence-electron chi connectivity index (χ1n) is 7.31. The fourth-order valence-electron chi connectivity index (χ4n) is 3.90. The number of para-hydroxylation sites is 1. The van der Waals surface area contributed by atoms with Gasteiger partial charge in [-0.1, -0.05) is 18.2 Å². The predicted molar refractivity (Wildman–Crippen MR) is 73.9 cm³/mol. The molecule has 3 heterocycles. The van der Waals surface area contributed by atoms with E-state index in [4.69, 9.17) is 18.7 Å². The quantitative estimate of drug-likeness (QED) is 0.777. The Balaban J connectivity index is 1.50. The molecule has 0 spiro atoms. The van der Waals surface area contributed by atoms with E-state index in [0.29, 0.717) is 6.61 Å². The minimum atomic E-state index is -1.60. The molecule has 6 heteroatoms. The van der Waals surface area contributed by atoms with Gasteiger partial charge in [0.25, 0.3) is 0 Å². The molecular weight excluding hydrogens is 257 g/mol. The summed E-state index contributed by atoms with van der Waals surface area (Å²) in [4.78, 5) is 0. The Kier molecular flexibility index (Phi) is 2.66. The van der Waals surface area contributed by atoms with E-state index in [0.717, 1.165) is 43.0 Å². The van der Waals surface area contributed by atoms with Gasteiger partial charge in [0.2, 0.25) is 0 Å². The zero-order valence-electron chi connectivity index (χ0n) is 11.8. The van der Waals surface area contributed by atoms with Crippen molar-refractivity contribution in [1.82, 2.24) is 0 Å². The van der Waals surface area contributed by atoms with Crippen LogP contribution in [0.1, 0.15) is 6.92 Å². The molecule has 0 radical (unpaired) electrons. The number of hydrogen-bond acceptors (Lipinski definition) is 4. The molecular formula is C14H20BNO4. The molecule has 1 aromatic carbocycles. The Morgan fingerprint density at radius 1 is 1.20 bits per heavy atom. The SMILES string of the molecule is C[C@]1(COc2ccccc2)C[N+]23CCO[B-]2(OCC3)O1. The molecule has 108 valence electrons. The lowest BCUT2D eigenvalue weighted by molar-refractivity contribution is -0.818. The van der Waals surface area contributed by atoms with Gasteiger partial charge in [0.05, 0.1) is 32.8 Å². The lowest BCUT2D eigenvalue weighted by Gasteiger charge is -2.37. The van der Waals surface area contributed by atoms with Crippen molar-refractivity contribution in [2.75, 3.05) is 39.5 Å². The molecule has 0 unspecified atom stereocenters. The van der Waals surface area contributed by atoms with E-state index in [1.165, 1.54) is 0 Å². The molecule has 3 aliphatic heterocycles. The van der Waals surface area contributed by atoms with Crippen molar-refractivity contribution in [2.45, 2.75) is 12.5 Å². The fraction of sp³-hybridized carbons (Fsp3) is 0.571. The van der Waals surface area contributed by atoms with Crippen LogP contribution in [-0.2, 0) is 14.0 Å². The molecule has 20 heavy (non-hydrogen) atoms. The number of rotatable bonds is 3. The van der Waals surface area contributed by atoms with Crippen LogP contribution >= 0.6 is 0 Å². The molecule has 5 nitrogen and oxygen atoms in total. The van der Waals surface area contributed by atoms with Crippen LogP contribution in [0.4, 0.5) is 0 Å². The molecule has 0 saturated carbocycles. The van der Waals surface area contributed by atoms with Crippen LogP contribution < -0.4 is 4.74 Å². The van der Waals surface area contributed by atoms with Gasteiger partial charge in [-0.15, -0.1) is 0 Å². The Labute approximate surface area is 119 Å². The minimum Gasteiger partial charge on any atom is -0.491 e. The summed E-state index contributed by atoms with van der Waals surface area (Å²) in [6.45, 7) is 5.35. The molecule has 0 N–H and O–H groups in total. The van der Waals surface area contributed by atoms with Gasteiger partial charge in [-0.3, -0.25) is 0 Å². The van der Waals surface area contributed by atoms with Gasteiger partial charge in [0.15, 0.2) is 0 Å². The van der Waals surface area contributed by atoms with Gasteiger partial charge in [-0.2, -0.15) is 0 Å². The number of nitrogens with zero attached hydrogens (tertiary/aromatic N) is 1. The standard InChI is InChI=1S/C14H20BNO4/c1-14(12-17-13-5-3-2-4-6-13)11-16-7-9-18-15(16,20-14)19-10-8-16/h2-6H,7-12H2,1H3/t14-,15?,16?/m1/s1. The van der Waals surface area contributed by atoms with E-state index < -0.39 is 6.89 Å². The van der Waals surface area contributed by atoms with Crippen molar-refractivity contribution in [3.63, 3.8) is 0 Å². The van der Waals surface area contributed by atoms with E-state index in [1.807, 2.05) is 30.3 Å². The zero-order chi connectivity index (χ0) is 13.7. The van der Waals surface area contributed by atoms with Crippen LogP contribution in [0.15, 0.2) is 30.3 Å². The van der Waals surface area contributed by atoms with E-state index in [-0.39, 0.29) is 5.60 Å². The summed E-state index contributed by atoms with van der Waals surface area (Å²) >= 11 is 0. The van der Waals surface area contributed by atoms with E-state index >= 15 is 0 Å². The summed E-state index contributed by atoms with van der Waals surface area (Å²) in [5.41, 5.74) is -0.351. The summed E-state index contributed by atoms with van der Waals surface area (Å²) in [6, 6.07) is 9.85. The third-order valence-corrected chi connectivity index (χ3v) is 4.77. The summed E-state index contributed by atoms with van der Waals surface area (Å²) in [7, 11) is 0. The smallest absolute Gasteiger partial charge is 0.491 e. The maximum atomic E-state index is 6.26. The summed E-state index contributed by atoms with van der Waals surface area (Å²) in [6.07, 6.45) is 0. The Hall–Kier alpha value is -1.08. The monoisotopic (exact) mass is 277 g/mol. The molecule has 1 aromatic rings. The maximum absolute atomic E-state index is 6.26. The van der Waals surface area contributed by atoms with Gasteiger partial charge < -0.3 is 23.1 Å². The van der Waals surface area contributed by atoms with E-state index in [1.54, 1.807) is 0 Å². The second-order valence-electron chi connectivity index (χ2n) is 6.34. The summed E-state index contributed by atoms with van der Waals surface area (Å²) < 4.78 is 24.7. The molecule has 3 saturated heterocycles. The van der Waals surface area contributed by atoms with Crippen LogP contribution in [0.3, 0.4) is 0 Å². The second kappa shape index (κ2) is 4.21. The summed E-state index contributed by atoms with van der Waals surface area (Å²) in [5, 5.41) is 0. The average Bonchev–Trinajstić information content (AvgIpc) is 2.97. The van der Waals surface area contributed by atoms with Crippen molar-refractivity contribution in [3.8, 4) is 5.75 Å². The number of ether oxygens (including phenoxy) is 1. The van der Waals surface area contributed by atoms with Crippen molar-refractivity contribution < 1.29 is 23.1 Å². The highest BCUT2D eigenvalue weighted by Gasteiger charge is 2.69. The second-order valence-corrected chi connectivity index (χ2v) is 6.34. The van der Waals surface area contributed by atoms with Crippen molar-refractivity contribution in [1.29, 1.82) is 0 Å². The molecule has 3 aliphatic rings. The van der Waals surface area contributed by atoms with Gasteiger partial charge in [-0.25, -0.2) is 0 Å². The van der Waals surface area contributed by atoms with E-state index in [2.05, 4.69) is 6.92 Å². The lowest BCUT2D eigenvalue weighted by atomic mass is 9.94. The molecule has 4 rings (SSSR count). The van der Waals surface area contributed by atoms with Crippen LogP contribution in [0, 0.1) is 0 Å². The zero-order valence-corrected chi connectivity index (χ0v) is 11.8. The molecule has 0 amide bonds. The predicted octanol–water partition coefficient (Wildman–Crippen LogP) is 1.17. The molecule has 0 aromatic heterocycles. The largest absolute Gasteiger partial charge is 0.626 e. The Morgan fingerprint density at radius 3 is 2.55 bits per heavy atom. The topological polar surface area (TPSA) is 36.9 Å². The first kappa shape index (κ1) is 12.6. The highest BCUT2D eigenvalue weighted by atomic mass is 16.8. The first-order valence-corrected chi connectivity index (χ1v) is 7.31. The molecule has 0 bridgehead atoms. The van der Waals surface area contributed by atoms with Gasteiger partial charge >= 0.3 is 6.89 Å². The highest BCUT2D eigenvalue weighted by molar-refractivity contribution is 6.54. The molecule has 0 aliphatic carbocycles. The normalized spacial score (nSPS) is 42.5. The maximum Gasteiger partial charge on any atom is 0.626 e. The van der Waals surface area contributed by atoms with Crippen LogP contribution in [0.2, 0.25) is 0 Å². The average molecular weight is 277 g/mol. The van der Waals surface area contributed by atoms with Crippen molar-refractivity contribution in [2.24, 2.45) is 0 Å².